The topological polar surface area (TPSA) is 60.4 Å². The van der Waals surface area contributed by atoms with Crippen molar-refractivity contribution in [3.63, 3.8) is 0 Å². The van der Waals surface area contributed by atoms with Gasteiger partial charge in [0.25, 0.3) is 0 Å². The van der Waals surface area contributed by atoms with Crippen LogP contribution in [0.4, 0.5) is 0 Å². The fourth-order valence-corrected chi connectivity index (χ4v) is 4.08. The largest absolute Gasteiger partial charge is 0.422 e. The van der Waals surface area contributed by atoms with E-state index in [2.05, 4.69) is 0 Å². The van der Waals surface area contributed by atoms with Gasteiger partial charge < -0.3 is 8.83 Å². The molecular weight excluding hydrogens is 376 g/mol. The molecular formula is C26H18O4. The van der Waals surface area contributed by atoms with E-state index in [0.717, 1.165) is 33.0 Å². The number of rotatable bonds is 2. The van der Waals surface area contributed by atoms with Crippen molar-refractivity contribution in [2.45, 2.75) is 13.8 Å². The predicted molar refractivity (Wildman–Crippen MR) is 119 cm³/mol. The Morgan fingerprint density at radius 2 is 0.900 bits per heavy atom. The molecule has 4 nitrogen and oxygen atoms in total. The Labute approximate surface area is 172 Å². The maximum Gasteiger partial charge on any atom is 0.344 e. The van der Waals surface area contributed by atoms with Crippen molar-refractivity contribution in [1.82, 2.24) is 0 Å². The van der Waals surface area contributed by atoms with Crippen LogP contribution >= 0.6 is 0 Å². The van der Waals surface area contributed by atoms with Crippen molar-refractivity contribution in [2.24, 2.45) is 0 Å². The summed E-state index contributed by atoms with van der Waals surface area (Å²) in [5.74, 6) is 0. The molecule has 146 valence electrons. The van der Waals surface area contributed by atoms with E-state index in [1.54, 1.807) is 12.1 Å². The minimum Gasteiger partial charge on any atom is -0.422 e. The third kappa shape index (κ3) is 2.77. The molecule has 0 amide bonds. The zero-order valence-electron chi connectivity index (χ0n) is 16.6. The summed E-state index contributed by atoms with van der Waals surface area (Å²) in [6, 6.07) is 22.4. The molecule has 0 radical (unpaired) electrons. The van der Waals surface area contributed by atoms with Crippen molar-refractivity contribution in [1.29, 1.82) is 0 Å². The van der Waals surface area contributed by atoms with Crippen LogP contribution in [0.1, 0.15) is 11.1 Å². The minimum absolute atomic E-state index is 0.375. The van der Waals surface area contributed by atoms with Gasteiger partial charge in [0.05, 0.1) is 11.1 Å². The molecule has 0 spiro atoms. The highest BCUT2D eigenvalue weighted by Gasteiger charge is 2.16. The van der Waals surface area contributed by atoms with Gasteiger partial charge >= 0.3 is 11.3 Å². The van der Waals surface area contributed by atoms with Crippen LogP contribution in [0.5, 0.6) is 0 Å². The summed E-state index contributed by atoms with van der Waals surface area (Å²) >= 11 is 0. The molecule has 0 bridgehead atoms. The lowest BCUT2D eigenvalue weighted by molar-refractivity contribution is 0.562. The van der Waals surface area contributed by atoms with Gasteiger partial charge in [0.2, 0.25) is 0 Å². The first-order valence-electron chi connectivity index (χ1n) is 9.70. The molecule has 4 heteroatoms. The summed E-state index contributed by atoms with van der Waals surface area (Å²) in [7, 11) is 0. The monoisotopic (exact) mass is 394 g/mol. The minimum atomic E-state index is -0.375. The number of aryl methyl sites for hydroxylation is 2. The highest BCUT2D eigenvalue weighted by Crippen LogP contribution is 2.30. The van der Waals surface area contributed by atoms with E-state index in [4.69, 9.17) is 8.83 Å². The highest BCUT2D eigenvalue weighted by atomic mass is 16.4. The first-order chi connectivity index (χ1) is 14.5. The maximum atomic E-state index is 12.6. The summed E-state index contributed by atoms with van der Waals surface area (Å²) in [6.07, 6.45) is 0. The smallest absolute Gasteiger partial charge is 0.344 e. The molecule has 0 saturated carbocycles. The van der Waals surface area contributed by atoms with Gasteiger partial charge in [-0.25, -0.2) is 9.59 Å². The Bertz CT molecular complexity index is 1420. The van der Waals surface area contributed by atoms with Crippen LogP contribution in [0.15, 0.2) is 91.2 Å². The van der Waals surface area contributed by atoms with E-state index in [1.807, 2.05) is 74.5 Å². The van der Waals surface area contributed by atoms with E-state index < -0.39 is 0 Å². The average molecular weight is 394 g/mol. The number of hydrogen-bond acceptors (Lipinski definition) is 4. The molecule has 3 aromatic carbocycles. The fourth-order valence-electron chi connectivity index (χ4n) is 4.08. The van der Waals surface area contributed by atoms with Gasteiger partial charge in [-0.2, -0.15) is 0 Å². The fraction of sp³-hybridized carbons (Fsp3) is 0.0769. The highest BCUT2D eigenvalue weighted by molar-refractivity contribution is 5.88. The number of fused-ring (bicyclic) bond motifs is 2. The van der Waals surface area contributed by atoms with E-state index in [1.165, 1.54) is 0 Å². The summed E-state index contributed by atoms with van der Waals surface area (Å²) in [6.45, 7) is 3.84. The number of benzene rings is 3. The number of hydrogen-bond donors (Lipinski definition) is 0. The Morgan fingerprint density at radius 3 is 1.30 bits per heavy atom. The van der Waals surface area contributed by atoms with Crippen molar-refractivity contribution in [3.05, 3.63) is 105 Å². The normalized spacial score (nSPS) is 11.3. The Balaban J connectivity index is 1.66. The molecule has 0 N–H and O–H groups in total. The molecule has 0 aliphatic heterocycles. The Kier molecular flexibility index (Phi) is 4.14. The summed E-state index contributed by atoms with van der Waals surface area (Å²) < 4.78 is 11.0. The number of para-hydroxylation sites is 2. The van der Waals surface area contributed by atoms with Crippen LogP contribution in [0.25, 0.3) is 44.2 Å². The molecule has 30 heavy (non-hydrogen) atoms. The second-order valence-corrected chi connectivity index (χ2v) is 7.35. The standard InChI is InChI=1S/C26H18O4/c1-15-19-7-3-5-9-21(19)29-25(27)23(15)17-11-13-18(14-12-17)24-16(2)20-8-4-6-10-22(20)30-26(24)28/h3-14H,1-2H3. The lowest BCUT2D eigenvalue weighted by atomic mass is 9.95. The van der Waals surface area contributed by atoms with Gasteiger partial charge in [-0.3, -0.25) is 0 Å². The lowest BCUT2D eigenvalue weighted by Gasteiger charge is -2.10. The predicted octanol–water partition coefficient (Wildman–Crippen LogP) is 5.85. The zero-order valence-corrected chi connectivity index (χ0v) is 16.6. The van der Waals surface area contributed by atoms with Crippen LogP contribution in [-0.4, -0.2) is 0 Å². The van der Waals surface area contributed by atoms with Crippen LogP contribution in [-0.2, 0) is 0 Å². The summed E-state index contributed by atoms with van der Waals surface area (Å²) in [4.78, 5) is 25.3. The second kappa shape index (κ2) is 6.85. The molecule has 0 fully saturated rings. The average Bonchev–Trinajstić information content (AvgIpc) is 2.75. The molecule has 5 rings (SSSR count). The zero-order chi connectivity index (χ0) is 20.8. The van der Waals surface area contributed by atoms with E-state index in [-0.39, 0.29) is 11.3 Å². The lowest BCUT2D eigenvalue weighted by Crippen LogP contribution is -2.07. The molecule has 0 atom stereocenters. The van der Waals surface area contributed by atoms with Gasteiger partial charge in [-0.05, 0) is 48.2 Å². The molecule has 2 heterocycles. The van der Waals surface area contributed by atoms with Crippen molar-refractivity contribution in [3.8, 4) is 22.3 Å². The molecule has 0 saturated heterocycles. The van der Waals surface area contributed by atoms with E-state index in [0.29, 0.717) is 22.3 Å². The van der Waals surface area contributed by atoms with Crippen LogP contribution in [0.3, 0.4) is 0 Å². The van der Waals surface area contributed by atoms with Gasteiger partial charge in [-0.15, -0.1) is 0 Å². The van der Waals surface area contributed by atoms with Gasteiger partial charge in [0.1, 0.15) is 11.2 Å². The first kappa shape index (κ1) is 18.1. The molecule has 0 aliphatic carbocycles. The van der Waals surface area contributed by atoms with E-state index in [9.17, 15) is 9.59 Å². The van der Waals surface area contributed by atoms with Crippen molar-refractivity contribution < 1.29 is 8.83 Å². The SMILES string of the molecule is Cc1c(-c2ccc(-c3c(C)c4ccccc4oc3=O)cc2)c(=O)oc2ccccc12. The third-order valence-corrected chi connectivity index (χ3v) is 5.61. The Hall–Kier alpha value is -3.92. The summed E-state index contributed by atoms with van der Waals surface area (Å²) in [5.41, 5.74) is 4.70. The Morgan fingerprint density at radius 1 is 0.533 bits per heavy atom. The molecule has 2 aromatic heterocycles. The van der Waals surface area contributed by atoms with Crippen LogP contribution < -0.4 is 11.3 Å². The molecule has 5 aromatic rings. The molecule has 0 unspecified atom stereocenters. The van der Waals surface area contributed by atoms with Crippen molar-refractivity contribution >= 4 is 21.9 Å². The third-order valence-electron chi connectivity index (χ3n) is 5.61. The van der Waals surface area contributed by atoms with Gasteiger partial charge in [0, 0.05) is 10.8 Å². The maximum absolute atomic E-state index is 12.6. The van der Waals surface area contributed by atoms with Gasteiger partial charge in [0.15, 0.2) is 0 Å². The van der Waals surface area contributed by atoms with Crippen molar-refractivity contribution in [2.75, 3.05) is 0 Å². The molecule has 0 aliphatic rings. The quantitative estimate of drug-likeness (QED) is 0.352. The van der Waals surface area contributed by atoms with Crippen LogP contribution in [0, 0.1) is 13.8 Å². The van der Waals surface area contributed by atoms with Crippen LogP contribution in [0.2, 0.25) is 0 Å². The van der Waals surface area contributed by atoms with Gasteiger partial charge in [-0.1, -0.05) is 60.7 Å². The van der Waals surface area contributed by atoms with E-state index >= 15 is 0 Å². The second-order valence-electron chi connectivity index (χ2n) is 7.35. The first-order valence-corrected chi connectivity index (χ1v) is 9.70. The summed E-state index contributed by atoms with van der Waals surface area (Å²) in [5, 5.41) is 1.81.